The quantitative estimate of drug-likeness (QED) is 0.410. The first kappa shape index (κ1) is 20.7. The fraction of sp³-hybridized carbons (Fsp3) is 0.609. The predicted molar refractivity (Wildman–Crippen MR) is 109 cm³/mol. The van der Waals surface area contributed by atoms with E-state index in [4.69, 9.17) is 4.99 Å². The molecule has 0 amide bonds. The minimum Gasteiger partial charge on any atom is -0.292 e. The highest BCUT2D eigenvalue weighted by molar-refractivity contribution is 6.03. The van der Waals surface area contributed by atoms with Crippen LogP contribution in [-0.2, 0) is 0 Å². The summed E-state index contributed by atoms with van der Waals surface area (Å²) in [5, 5.41) is 0. The molecule has 0 spiro atoms. The van der Waals surface area contributed by atoms with Gasteiger partial charge in [-0.15, -0.1) is 0 Å². The smallest absolute Gasteiger partial charge is 0.0488 e. The summed E-state index contributed by atoms with van der Waals surface area (Å²) in [6, 6.07) is 8.88. The van der Waals surface area contributed by atoms with Gasteiger partial charge in [-0.05, 0) is 45.1 Å². The molecule has 0 radical (unpaired) electrons. The molecule has 24 heavy (non-hydrogen) atoms. The first-order chi connectivity index (χ1) is 11.5. The Morgan fingerprint density at radius 1 is 1.00 bits per heavy atom. The third kappa shape index (κ3) is 5.61. The van der Waals surface area contributed by atoms with Crippen molar-refractivity contribution in [3.05, 3.63) is 46.5 Å². The Labute approximate surface area is 150 Å². The molecular formula is C23H37N. The Kier molecular flexibility index (Phi) is 9.03. The van der Waals surface area contributed by atoms with E-state index in [0.717, 1.165) is 5.92 Å². The van der Waals surface area contributed by atoms with Crippen LogP contribution >= 0.6 is 0 Å². The molecule has 1 aromatic rings. The highest BCUT2D eigenvalue weighted by Gasteiger charge is 2.25. The lowest BCUT2D eigenvalue weighted by atomic mass is 9.77. The fourth-order valence-electron chi connectivity index (χ4n) is 3.70. The molecule has 0 aromatic heterocycles. The highest BCUT2D eigenvalue weighted by Crippen LogP contribution is 2.35. The average molecular weight is 328 g/mol. The van der Waals surface area contributed by atoms with Crippen molar-refractivity contribution in [3.63, 3.8) is 0 Å². The number of rotatable bonds is 2. The molecule has 2 unspecified atom stereocenters. The highest BCUT2D eigenvalue weighted by atomic mass is 14.7. The van der Waals surface area contributed by atoms with Crippen molar-refractivity contribution in [2.75, 3.05) is 7.05 Å². The Balaban J connectivity index is 0.00000139. The van der Waals surface area contributed by atoms with E-state index in [2.05, 4.69) is 52.0 Å². The summed E-state index contributed by atoms with van der Waals surface area (Å²) in [5.41, 5.74) is 7.02. The number of aryl methyl sites for hydroxylation is 1. The minimum atomic E-state index is 0.500. The zero-order valence-electron chi connectivity index (χ0n) is 16.9. The zero-order chi connectivity index (χ0) is 18.1. The van der Waals surface area contributed by atoms with Crippen molar-refractivity contribution in [3.8, 4) is 0 Å². The molecule has 1 nitrogen and oxygen atoms in total. The molecule has 0 heterocycles. The molecule has 1 heteroatoms. The predicted octanol–water partition coefficient (Wildman–Crippen LogP) is 6.99. The molecule has 134 valence electrons. The van der Waals surface area contributed by atoms with E-state index < -0.39 is 0 Å². The number of nitrogens with zero attached hydrogens (tertiary/aromatic N) is 1. The summed E-state index contributed by atoms with van der Waals surface area (Å²) >= 11 is 0. The first-order valence-corrected chi connectivity index (χ1v) is 9.73. The SMILES string of the molecule is CC.CN=C(c1ccc(C)cc1)C1CCCCC(C)CC1=C(C)C. The van der Waals surface area contributed by atoms with Gasteiger partial charge in [0.2, 0.25) is 0 Å². The molecular weight excluding hydrogens is 290 g/mol. The summed E-state index contributed by atoms with van der Waals surface area (Å²) < 4.78 is 0. The molecule has 2 atom stereocenters. The summed E-state index contributed by atoms with van der Waals surface area (Å²) in [4.78, 5) is 4.72. The number of aliphatic imine (C=N–C) groups is 1. The Hall–Kier alpha value is -1.37. The molecule has 1 saturated carbocycles. The number of benzene rings is 1. The topological polar surface area (TPSA) is 12.4 Å². The van der Waals surface area contributed by atoms with Crippen LogP contribution in [0.2, 0.25) is 0 Å². The van der Waals surface area contributed by atoms with Gasteiger partial charge >= 0.3 is 0 Å². The second-order valence-corrected chi connectivity index (χ2v) is 7.15. The van der Waals surface area contributed by atoms with Gasteiger partial charge in [0.05, 0.1) is 0 Å². The Morgan fingerprint density at radius 2 is 1.58 bits per heavy atom. The van der Waals surface area contributed by atoms with Crippen LogP contribution in [0.25, 0.3) is 0 Å². The van der Waals surface area contributed by atoms with Crippen LogP contribution < -0.4 is 0 Å². The van der Waals surface area contributed by atoms with Crippen molar-refractivity contribution in [1.82, 2.24) is 0 Å². The van der Waals surface area contributed by atoms with Crippen molar-refractivity contribution in [1.29, 1.82) is 0 Å². The molecule has 1 aliphatic rings. The maximum atomic E-state index is 4.72. The molecule has 2 rings (SSSR count). The second kappa shape index (κ2) is 10.5. The molecule has 1 fully saturated rings. The number of hydrogen-bond donors (Lipinski definition) is 0. The molecule has 0 aliphatic heterocycles. The van der Waals surface area contributed by atoms with E-state index in [0.29, 0.717) is 5.92 Å². The van der Waals surface area contributed by atoms with Crippen LogP contribution in [0.5, 0.6) is 0 Å². The van der Waals surface area contributed by atoms with E-state index in [1.54, 1.807) is 5.57 Å². The van der Waals surface area contributed by atoms with Gasteiger partial charge in [0.1, 0.15) is 0 Å². The third-order valence-electron chi connectivity index (χ3n) is 4.99. The number of allylic oxidation sites excluding steroid dienone is 2. The Morgan fingerprint density at radius 3 is 2.12 bits per heavy atom. The van der Waals surface area contributed by atoms with Crippen LogP contribution in [0, 0.1) is 18.8 Å². The van der Waals surface area contributed by atoms with E-state index in [1.807, 2.05) is 20.9 Å². The molecule has 0 N–H and O–H groups in total. The molecule has 0 bridgehead atoms. The lowest BCUT2D eigenvalue weighted by Gasteiger charge is -2.29. The Bertz CT molecular complexity index is 544. The van der Waals surface area contributed by atoms with Crippen molar-refractivity contribution in [2.24, 2.45) is 16.8 Å². The van der Waals surface area contributed by atoms with Gasteiger partial charge in [-0.3, -0.25) is 4.99 Å². The third-order valence-corrected chi connectivity index (χ3v) is 4.99. The van der Waals surface area contributed by atoms with Crippen LogP contribution in [0.4, 0.5) is 0 Å². The van der Waals surface area contributed by atoms with Gasteiger partial charge in [0, 0.05) is 18.7 Å². The van der Waals surface area contributed by atoms with Gasteiger partial charge in [-0.1, -0.05) is 81.0 Å². The lowest BCUT2D eigenvalue weighted by Crippen LogP contribution is -2.22. The van der Waals surface area contributed by atoms with Crippen molar-refractivity contribution >= 4 is 5.71 Å². The van der Waals surface area contributed by atoms with Crippen molar-refractivity contribution < 1.29 is 0 Å². The van der Waals surface area contributed by atoms with Crippen LogP contribution in [-0.4, -0.2) is 12.8 Å². The average Bonchev–Trinajstić information content (AvgIpc) is 2.57. The lowest BCUT2D eigenvalue weighted by molar-refractivity contribution is 0.432. The van der Waals surface area contributed by atoms with Gasteiger partial charge in [0.25, 0.3) is 0 Å². The van der Waals surface area contributed by atoms with E-state index in [9.17, 15) is 0 Å². The monoisotopic (exact) mass is 327 g/mol. The fourth-order valence-corrected chi connectivity index (χ4v) is 3.70. The second-order valence-electron chi connectivity index (χ2n) is 7.15. The van der Waals surface area contributed by atoms with Gasteiger partial charge in [-0.25, -0.2) is 0 Å². The molecule has 1 aliphatic carbocycles. The van der Waals surface area contributed by atoms with Gasteiger partial charge in [0.15, 0.2) is 0 Å². The van der Waals surface area contributed by atoms with Gasteiger partial charge in [-0.2, -0.15) is 0 Å². The largest absolute Gasteiger partial charge is 0.292 e. The van der Waals surface area contributed by atoms with E-state index >= 15 is 0 Å². The maximum absolute atomic E-state index is 4.72. The number of hydrogen-bond acceptors (Lipinski definition) is 1. The zero-order valence-corrected chi connectivity index (χ0v) is 16.9. The summed E-state index contributed by atoms with van der Waals surface area (Å²) in [5.74, 6) is 1.30. The maximum Gasteiger partial charge on any atom is 0.0488 e. The first-order valence-electron chi connectivity index (χ1n) is 9.73. The van der Waals surface area contributed by atoms with E-state index in [1.165, 1.54) is 54.5 Å². The van der Waals surface area contributed by atoms with Gasteiger partial charge < -0.3 is 0 Å². The van der Waals surface area contributed by atoms with Crippen LogP contribution in [0.3, 0.4) is 0 Å². The standard InChI is InChI=1S/C21H31N.C2H6/c1-15(2)20-14-17(4)8-6-7-9-19(20)21(22-5)18-12-10-16(3)11-13-18;1-2/h10-13,17,19H,6-9,14H2,1-5H3;1-2H3. The molecule has 0 saturated heterocycles. The van der Waals surface area contributed by atoms with Crippen LogP contribution in [0.1, 0.15) is 77.8 Å². The van der Waals surface area contributed by atoms with E-state index in [-0.39, 0.29) is 0 Å². The summed E-state index contributed by atoms with van der Waals surface area (Å²) in [6.45, 7) is 13.1. The van der Waals surface area contributed by atoms with Crippen LogP contribution in [0.15, 0.2) is 40.4 Å². The summed E-state index contributed by atoms with van der Waals surface area (Å²) in [6.07, 6.45) is 6.52. The summed E-state index contributed by atoms with van der Waals surface area (Å²) in [7, 11) is 1.96. The minimum absolute atomic E-state index is 0.500. The molecule has 1 aromatic carbocycles. The van der Waals surface area contributed by atoms with Crippen molar-refractivity contribution in [2.45, 2.75) is 73.6 Å². The normalized spacial score (nSPS) is 22.1.